The summed E-state index contributed by atoms with van der Waals surface area (Å²) in [6.07, 6.45) is -0.234. The predicted molar refractivity (Wildman–Crippen MR) is 82.9 cm³/mol. The van der Waals surface area contributed by atoms with Gasteiger partial charge in [-0.15, -0.1) is 0 Å². The number of hydrogen-bond donors (Lipinski definition) is 0. The molecule has 1 aromatic heterocycles. The third kappa shape index (κ3) is 3.70. The number of benzene rings is 1. The highest BCUT2D eigenvalue weighted by Crippen LogP contribution is 2.29. The van der Waals surface area contributed by atoms with Crippen LogP contribution >= 0.6 is 0 Å². The summed E-state index contributed by atoms with van der Waals surface area (Å²) < 4.78 is 16.3. The smallest absolute Gasteiger partial charge is 0.302 e. The largest absolute Gasteiger partial charge is 0.463 e. The summed E-state index contributed by atoms with van der Waals surface area (Å²) >= 11 is 0. The number of carbonyl (C=O) groups excluding carboxylic acids is 2. The molecule has 1 aliphatic heterocycles. The van der Waals surface area contributed by atoms with E-state index < -0.39 is 30.4 Å². The van der Waals surface area contributed by atoms with Crippen molar-refractivity contribution in [2.24, 2.45) is 0 Å². The number of rotatable bonds is 4. The molecule has 0 bridgehead atoms. The van der Waals surface area contributed by atoms with Crippen molar-refractivity contribution >= 4 is 23.0 Å². The maximum Gasteiger partial charge on any atom is 0.302 e. The lowest BCUT2D eigenvalue weighted by atomic mass is 10.0. The molecule has 1 aliphatic rings. The van der Waals surface area contributed by atoms with Gasteiger partial charge in [0, 0.05) is 13.8 Å². The van der Waals surface area contributed by atoms with Gasteiger partial charge in [-0.1, -0.05) is 12.1 Å². The first kappa shape index (κ1) is 16.4. The number of ether oxygens (including phenoxy) is 3. The Morgan fingerprint density at radius 3 is 2.42 bits per heavy atom. The highest BCUT2D eigenvalue weighted by Gasteiger charge is 2.36. The van der Waals surface area contributed by atoms with Gasteiger partial charge < -0.3 is 14.2 Å². The van der Waals surface area contributed by atoms with Crippen LogP contribution in [0.25, 0.3) is 11.0 Å². The lowest BCUT2D eigenvalue weighted by Crippen LogP contribution is -2.43. The summed E-state index contributed by atoms with van der Waals surface area (Å²) in [4.78, 5) is 23.8. The van der Waals surface area contributed by atoms with Crippen LogP contribution in [0.4, 0.5) is 0 Å². The zero-order valence-corrected chi connectivity index (χ0v) is 13.5. The van der Waals surface area contributed by atoms with Crippen molar-refractivity contribution in [1.29, 1.82) is 0 Å². The van der Waals surface area contributed by atoms with Crippen LogP contribution in [-0.2, 0) is 23.8 Å². The number of carbonyl (C=O) groups is 2. The normalized spacial score (nSPS) is 23.8. The maximum atomic E-state index is 11.2. The molecule has 0 N–H and O–H groups in total. The predicted octanol–water partition coefficient (Wildman–Crippen LogP) is 1.60. The average molecular weight is 333 g/mol. The molecule has 1 saturated heterocycles. The summed E-state index contributed by atoms with van der Waals surface area (Å²) in [7, 11) is 0. The fourth-order valence-electron chi connectivity index (χ4n) is 2.72. The van der Waals surface area contributed by atoms with E-state index in [4.69, 9.17) is 14.2 Å². The number of fused-ring (bicyclic) bond motifs is 1. The Kier molecular flexibility index (Phi) is 4.75. The quantitative estimate of drug-likeness (QED) is 0.785. The first-order chi connectivity index (χ1) is 11.5. The van der Waals surface area contributed by atoms with Gasteiger partial charge in [-0.2, -0.15) is 15.0 Å². The molecule has 8 heteroatoms. The van der Waals surface area contributed by atoms with E-state index >= 15 is 0 Å². The van der Waals surface area contributed by atoms with E-state index in [1.165, 1.54) is 18.6 Å². The highest BCUT2D eigenvalue weighted by molar-refractivity contribution is 5.73. The van der Waals surface area contributed by atoms with Crippen LogP contribution in [0.2, 0.25) is 0 Å². The average Bonchev–Trinajstić information content (AvgIpc) is 2.97. The van der Waals surface area contributed by atoms with E-state index in [2.05, 4.69) is 10.2 Å². The van der Waals surface area contributed by atoms with Gasteiger partial charge in [-0.05, 0) is 25.0 Å². The highest BCUT2D eigenvalue weighted by atomic mass is 16.6. The van der Waals surface area contributed by atoms with Gasteiger partial charge in [0.2, 0.25) is 0 Å². The van der Waals surface area contributed by atoms with Gasteiger partial charge in [-0.25, -0.2) is 0 Å². The van der Waals surface area contributed by atoms with Gasteiger partial charge in [0.05, 0.1) is 0 Å². The van der Waals surface area contributed by atoms with Crippen molar-refractivity contribution in [3.05, 3.63) is 24.3 Å². The minimum Gasteiger partial charge on any atom is -0.463 e. The van der Waals surface area contributed by atoms with E-state index in [-0.39, 0.29) is 6.61 Å². The van der Waals surface area contributed by atoms with Gasteiger partial charge in [0.25, 0.3) is 0 Å². The minimum absolute atomic E-state index is 0.0184. The van der Waals surface area contributed by atoms with Crippen LogP contribution < -0.4 is 0 Å². The van der Waals surface area contributed by atoms with Crippen LogP contribution in [0.1, 0.15) is 32.9 Å². The molecule has 2 aromatic rings. The molecule has 0 amide bonds. The summed E-state index contributed by atoms with van der Waals surface area (Å²) in [6.45, 7) is 2.68. The molecule has 0 radical (unpaired) electrons. The Morgan fingerprint density at radius 1 is 1.17 bits per heavy atom. The molecule has 8 nitrogen and oxygen atoms in total. The van der Waals surface area contributed by atoms with Crippen molar-refractivity contribution in [2.75, 3.05) is 6.61 Å². The van der Waals surface area contributed by atoms with Crippen molar-refractivity contribution in [2.45, 2.75) is 45.1 Å². The van der Waals surface area contributed by atoms with E-state index in [0.29, 0.717) is 12.8 Å². The zero-order chi connectivity index (χ0) is 17.1. The van der Waals surface area contributed by atoms with Crippen LogP contribution in [0, 0.1) is 0 Å². The lowest BCUT2D eigenvalue weighted by Gasteiger charge is -2.34. The Labute approximate surface area is 138 Å². The molecule has 1 fully saturated rings. The molecule has 0 aliphatic carbocycles. The van der Waals surface area contributed by atoms with E-state index in [9.17, 15) is 9.59 Å². The van der Waals surface area contributed by atoms with Crippen LogP contribution in [-0.4, -0.2) is 45.7 Å². The van der Waals surface area contributed by atoms with Gasteiger partial charge in [0.15, 0.2) is 6.23 Å². The van der Waals surface area contributed by atoms with Crippen LogP contribution in [0.15, 0.2) is 24.3 Å². The molecule has 0 unspecified atom stereocenters. The molecule has 24 heavy (non-hydrogen) atoms. The molecule has 128 valence electrons. The Hall–Kier alpha value is -2.48. The van der Waals surface area contributed by atoms with Crippen molar-refractivity contribution in [1.82, 2.24) is 15.0 Å². The van der Waals surface area contributed by atoms with Gasteiger partial charge in [-0.3, -0.25) is 9.59 Å². The second-order valence-electron chi connectivity index (χ2n) is 5.67. The van der Waals surface area contributed by atoms with Gasteiger partial charge in [0.1, 0.15) is 29.8 Å². The monoisotopic (exact) mass is 333 g/mol. The maximum absolute atomic E-state index is 11.2. The van der Waals surface area contributed by atoms with Crippen LogP contribution in [0.3, 0.4) is 0 Å². The number of nitrogens with zero attached hydrogens (tertiary/aromatic N) is 3. The number of aromatic nitrogens is 3. The van der Waals surface area contributed by atoms with Crippen LogP contribution in [0.5, 0.6) is 0 Å². The van der Waals surface area contributed by atoms with E-state index in [0.717, 1.165) is 11.0 Å². The first-order valence-corrected chi connectivity index (χ1v) is 7.80. The molecule has 3 atom stereocenters. The Morgan fingerprint density at radius 2 is 1.83 bits per heavy atom. The number of hydrogen-bond acceptors (Lipinski definition) is 7. The topological polar surface area (TPSA) is 92.5 Å². The van der Waals surface area contributed by atoms with Crippen molar-refractivity contribution in [3.63, 3.8) is 0 Å². The van der Waals surface area contributed by atoms with E-state index in [1.807, 2.05) is 24.3 Å². The first-order valence-electron chi connectivity index (χ1n) is 7.80. The summed E-state index contributed by atoms with van der Waals surface area (Å²) in [5.74, 6) is -0.803. The summed E-state index contributed by atoms with van der Waals surface area (Å²) in [6, 6.07) is 7.53. The lowest BCUT2D eigenvalue weighted by molar-refractivity contribution is -0.195. The summed E-state index contributed by atoms with van der Waals surface area (Å²) in [5, 5.41) is 8.83. The second-order valence-corrected chi connectivity index (χ2v) is 5.67. The molecule has 1 aromatic carbocycles. The molecule has 0 saturated carbocycles. The fraction of sp³-hybridized carbons (Fsp3) is 0.500. The van der Waals surface area contributed by atoms with Crippen molar-refractivity contribution < 1.29 is 23.8 Å². The summed E-state index contributed by atoms with van der Waals surface area (Å²) in [5.41, 5.74) is 1.56. The Balaban J connectivity index is 1.75. The minimum atomic E-state index is -0.550. The molecule has 3 rings (SSSR count). The molecule has 2 heterocycles. The molecule has 0 spiro atoms. The standard InChI is InChI=1S/C16H19N3O5/c1-10(20)22-9-15-14(23-11(2)21)7-8-16(24-15)19-17-12-5-3-4-6-13(12)18-19/h3-6,14-16H,7-9H2,1-2H3/t14-,15-,16-/m0/s1. The third-order valence-electron chi connectivity index (χ3n) is 3.77. The zero-order valence-electron chi connectivity index (χ0n) is 13.5. The molecular formula is C16H19N3O5. The Bertz CT molecular complexity index is 711. The fourth-order valence-corrected chi connectivity index (χ4v) is 2.72. The molecular weight excluding hydrogens is 314 g/mol. The van der Waals surface area contributed by atoms with Gasteiger partial charge >= 0.3 is 11.9 Å². The van der Waals surface area contributed by atoms with Crippen molar-refractivity contribution in [3.8, 4) is 0 Å². The SMILES string of the molecule is CC(=O)OC[C@@H]1O[C@H](n2nc3ccccc3n2)CC[C@@H]1OC(C)=O. The number of esters is 2. The third-order valence-corrected chi connectivity index (χ3v) is 3.77. The van der Waals surface area contributed by atoms with E-state index in [1.54, 1.807) is 0 Å². The second kappa shape index (κ2) is 6.96.